The summed E-state index contributed by atoms with van der Waals surface area (Å²) in [7, 11) is 0. The molecular weight excluding hydrogens is 402 g/mol. The van der Waals surface area contributed by atoms with Crippen molar-refractivity contribution in [3.05, 3.63) is 0 Å². The molecule has 0 aliphatic carbocycles. The maximum absolute atomic E-state index is 12.4. The molecule has 168 valence electrons. The molecule has 4 atom stereocenters. The normalized spacial score (nSPS) is 18.5. The van der Waals surface area contributed by atoms with Gasteiger partial charge in [-0.05, 0) is 32.7 Å². The Labute approximate surface area is 172 Å². The van der Waals surface area contributed by atoms with Crippen LogP contribution in [0.2, 0.25) is 0 Å². The summed E-state index contributed by atoms with van der Waals surface area (Å²) in [5.41, 5.74) is 5.09. The number of hydrogen-bond acceptors (Lipinski definition) is 7. The lowest BCUT2D eigenvalue weighted by Gasteiger charge is -2.23. The third-order valence-electron chi connectivity index (χ3n) is 4.43. The van der Waals surface area contributed by atoms with Crippen molar-refractivity contribution >= 4 is 35.6 Å². The van der Waals surface area contributed by atoms with Crippen LogP contribution in [0.5, 0.6) is 0 Å². The molecule has 1 aliphatic rings. The lowest BCUT2D eigenvalue weighted by molar-refractivity contribution is -0.143. The molecule has 0 aromatic heterocycles. The van der Waals surface area contributed by atoms with Gasteiger partial charge >= 0.3 is 11.9 Å². The quantitative estimate of drug-likeness (QED) is 0.168. The topological polar surface area (TPSA) is 217 Å². The number of carbonyl (C=O) groups is 6. The number of carboxylic acids is 2. The van der Waals surface area contributed by atoms with Gasteiger partial charge in [-0.25, -0.2) is 4.79 Å². The van der Waals surface area contributed by atoms with Gasteiger partial charge in [-0.1, -0.05) is 0 Å². The Bertz CT molecular complexity index is 692. The molecule has 13 nitrogen and oxygen atoms in total. The van der Waals surface area contributed by atoms with E-state index >= 15 is 0 Å². The SMILES string of the molecule is CC(NC(=O)C1CCCN1)C(=O)NC(CC(N)=O)C(=O)NC(CCC(=O)O)C(=O)O. The maximum Gasteiger partial charge on any atom is 0.326 e. The van der Waals surface area contributed by atoms with Gasteiger partial charge < -0.3 is 37.2 Å². The van der Waals surface area contributed by atoms with Gasteiger partial charge in [0.15, 0.2) is 0 Å². The Morgan fingerprint density at radius 2 is 1.67 bits per heavy atom. The van der Waals surface area contributed by atoms with Gasteiger partial charge in [0.05, 0.1) is 12.5 Å². The number of amides is 4. The number of primary amides is 1. The second kappa shape index (κ2) is 11.7. The zero-order valence-electron chi connectivity index (χ0n) is 16.5. The van der Waals surface area contributed by atoms with Crippen LogP contribution < -0.4 is 27.0 Å². The van der Waals surface area contributed by atoms with Gasteiger partial charge in [0.2, 0.25) is 23.6 Å². The lowest BCUT2D eigenvalue weighted by Crippen LogP contribution is -2.57. The van der Waals surface area contributed by atoms with E-state index in [2.05, 4.69) is 21.3 Å². The number of carbonyl (C=O) groups excluding carboxylic acids is 4. The molecule has 0 aromatic carbocycles. The number of rotatable bonds is 12. The summed E-state index contributed by atoms with van der Waals surface area (Å²) in [5, 5.41) is 27.6. The molecule has 1 heterocycles. The minimum atomic E-state index is -1.54. The number of carboxylic acid groups (broad SMARTS) is 2. The monoisotopic (exact) mass is 429 g/mol. The number of nitrogens with one attached hydrogen (secondary N) is 4. The van der Waals surface area contributed by atoms with Crippen LogP contribution in [-0.2, 0) is 28.8 Å². The molecule has 1 rings (SSSR count). The van der Waals surface area contributed by atoms with E-state index in [9.17, 15) is 28.8 Å². The van der Waals surface area contributed by atoms with E-state index in [-0.39, 0.29) is 5.91 Å². The molecule has 4 unspecified atom stereocenters. The van der Waals surface area contributed by atoms with Crippen LogP contribution in [0.1, 0.15) is 39.0 Å². The van der Waals surface area contributed by atoms with Gasteiger partial charge in [-0.2, -0.15) is 0 Å². The summed E-state index contributed by atoms with van der Waals surface area (Å²) in [6.07, 6.45) is -0.0729. The molecule has 0 bridgehead atoms. The minimum Gasteiger partial charge on any atom is -0.481 e. The first kappa shape index (κ1) is 24.8. The van der Waals surface area contributed by atoms with Crippen molar-refractivity contribution in [3.8, 4) is 0 Å². The highest BCUT2D eigenvalue weighted by molar-refractivity contribution is 5.96. The minimum absolute atomic E-state index is 0.384. The van der Waals surface area contributed by atoms with Crippen molar-refractivity contribution in [2.24, 2.45) is 5.73 Å². The van der Waals surface area contributed by atoms with Gasteiger partial charge in [-0.15, -0.1) is 0 Å². The summed E-state index contributed by atoms with van der Waals surface area (Å²) in [6.45, 7) is 2.07. The van der Waals surface area contributed by atoms with Gasteiger partial charge in [0, 0.05) is 6.42 Å². The summed E-state index contributed by atoms with van der Waals surface area (Å²) in [6, 6.07) is -4.49. The first-order valence-corrected chi connectivity index (χ1v) is 9.38. The molecule has 13 heteroatoms. The highest BCUT2D eigenvalue weighted by Gasteiger charge is 2.30. The van der Waals surface area contributed by atoms with Crippen molar-refractivity contribution in [2.45, 2.75) is 63.2 Å². The van der Waals surface area contributed by atoms with E-state index < -0.39 is 73.1 Å². The fourth-order valence-electron chi connectivity index (χ4n) is 2.79. The fraction of sp³-hybridized carbons (Fsp3) is 0.647. The van der Waals surface area contributed by atoms with Crippen LogP contribution in [0, 0.1) is 0 Å². The van der Waals surface area contributed by atoms with E-state index in [0.717, 1.165) is 6.42 Å². The van der Waals surface area contributed by atoms with Gasteiger partial charge in [-0.3, -0.25) is 24.0 Å². The van der Waals surface area contributed by atoms with Crippen LogP contribution in [0.25, 0.3) is 0 Å². The van der Waals surface area contributed by atoms with Crippen molar-refractivity contribution in [1.82, 2.24) is 21.3 Å². The molecule has 8 N–H and O–H groups in total. The molecule has 1 saturated heterocycles. The van der Waals surface area contributed by atoms with Gasteiger partial charge in [0.25, 0.3) is 0 Å². The first-order valence-electron chi connectivity index (χ1n) is 9.38. The second-order valence-corrected chi connectivity index (χ2v) is 6.94. The molecule has 30 heavy (non-hydrogen) atoms. The second-order valence-electron chi connectivity index (χ2n) is 6.94. The van der Waals surface area contributed by atoms with Crippen molar-refractivity contribution < 1.29 is 39.0 Å². The lowest BCUT2D eigenvalue weighted by atomic mass is 10.1. The summed E-state index contributed by atoms with van der Waals surface area (Å²) in [4.78, 5) is 70.0. The Morgan fingerprint density at radius 1 is 1.03 bits per heavy atom. The number of aliphatic carboxylic acids is 2. The summed E-state index contributed by atoms with van der Waals surface area (Å²) < 4.78 is 0. The molecular formula is C17H27N5O8. The smallest absolute Gasteiger partial charge is 0.326 e. The van der Waals surface area contributed by atoms with Crippen molar-refractivity contribution in [3.63, 3.8) is 0 Å². The first-order chi connectivity index (χ1) is 14.0. The Kier molecular flexibility index (Phi) is 9.68. The number of nitrogens with two attached hydrogens (primary N) is 1. The Hall–Kier alpha value is -3.22. The van der Waals surface area contributed by atoms with Crippen molar-refractivity contribution in [1.29, 1.82) is 0 Å². The summed E-state index contributed by atoms with van der Waals surface area (Å²) in [5.74, 6) is -5.83. The Balaban J connectivity index is 2.73. The molecule has 1 fully saturated rings. The number of hydrogen-bond donors (Lipinski definition) is 7. The van der Waals surface area contributed by atoms with E-state index in [1.807, 2.05) is 0 Å². The third kappa shape index (κ3) is 8.43. The van der Waals surface area contributed by atoms with E-state index in [1.54, 1.807) is 0 Å². The van der Waals surface area contributed by atoms with E-state index in [0.29, 0.717) is 13.0 Å². The van der Waals surface area contributed by atoms with Crippen LogP contribution in [-0.4, -0.2) is 76.5 Å². The van der Waals surface area contributed by atoms with E-state index in [1.165, 1.54) is 6.92 Å². The zero-order valence-corrected chi connectivity index (χ0v) is 16.5. The molecule has 0 spiro atoms. The van der Waals surface area contributed by atoms with Crippen molar-refractivity contribution in [2.75, 3.05) is 6.54 Å². The fourth-order valence-corrected chi connectivity index (χ4v) is 2.79. The molecule has 0 saturated carbocycles. The third-order valence-corrected chi connectivity index (χ3v) is 4.43. The largest absolute Gasteiger partial charge is 0.481 e. The molecule has 4 amide bonds. The van der Waals surface area contributed by atoms with Crippen LogP contribution in [0.3, 0.4) is 0 Å². The zero-order chi connectivity index (χ0) is 22.8. The standard InChI is InChI=1S/C17H27N5O8/c1-8(20-15(27)9-3-2-6-19-9)14(26)22-11(7-12(18)23)16(28)21-10(17(29)30)4-5-13(24)25/h8-11,19H,2-7H2,1H3,(H2,18,23)(H,20,27)(H,21,28)(H,22,26)(H,24,25)(H,29,30). The van der Waals surface area contributed by atoms with E-state index in [4.69, 9.17) is 15.9 Å². The summed E-state index contributed by atoms with van der Waals surface area (Å²) >= 11 is 0. The highest BCUT2D eigenvalue weighted by Crippen LogP contribution is 2.05. The average molecular weight is 429 g/mol. The highest BCUT2D eigenvalue weighted by atomic mass is 16.4. The maximum atomic E-state index is 12.4. The average Bonchev–Trinajstić information content (AvgIpc) is 3.18. The molecule has 0 radical (unpaired) electrons. The van der Waals surface area contributed by atoms with Gasteiger partial charge in [0.1, 0.15) is 18.1 Å². The predicted molar refractivity (Wildman–Crippen MR) is 101 cm³/mol. The predicted octanol–water partition coefficient (Wildman–Crippen LogP) is -2.96. The Morgan fingerprint density at radius 3 is 2.17 bits per heavy atom. The van der Waals surface area contributed by atoms with Crippen LogP contribution in [0.15, 0.2) is 0 Å². The van der Waals surface area contributed by atoms with Crippen LogP contribution >= 0.6 is 0 Å². The molecule has 1 aliphatic heterocycles. The van der Waals surface area contributed by atoms with Crippen LogP contribution in [0.4, 0.5) is 0 Å². The molecule has 0 aromatic rings.